The molecule has 0 aliphatic heterocycles. The zero-order valence-electron chi connectivity index (χ0n) is 10.2. The van der Waals surface area contributed by atoms with Crippen LogP contribution in [0.4, 0.5) is 0 Å². The fourth-order valence-corrected chi connectivity index (χ4v) is 1.74. The van der Waals surface area contributed by atoms with Crippen molar-refractivity contribution in [3.05, 3.63) is 48.7 Å². The van der Waals surface area contributed by atoms with Crippen LogP contribution in [0.5, 0.6) is 0 Å². The lowest BCUT2D eigenvalue weighted by molar-refractivity contribution is 0.646. The molecule has 1 heteroatoms. The third-order valence-corrected chi connectivity index (χ3v) is 2.44. The molecule has 0 aromatic rings. The van der Waals surface area contributed by atoms with E-state index in [4.69, 9.17) is 0 Å². The van der Waals surface area contributed by atoms with Crippen LogP contribution in [-0.2, 0) is 0 Å². The van der Waals surface area contributed by atoms with Crippen LogP contribution in [0.1, 0.15) is 26.7 Å². The van der Waals surface area contributed by atoms with Crippen molar-refractivity contribution < 1.29 is 0 Å². The molecule has 0 amide bonds. The summed E-state index contributed by atoms with van der Waals surface area (Å²) in [5, 5.41) is 3.27. The first kappa shape index (κ1) is 13.8. The van der Waals surface area contributed by atoms with E-state index >= 15 is 0 Å². The Hall–Kier alpha value is -1.24. The minimum absolute atomic E-state index is 0.408. The van der Waals surface area contributed by atoms with Crippen LogP contribution in [0.2, 0.25) is 0 Å². The van der Waals surface area contributed by atoms with Gasteiger partial charge in [0.1, 0.15) is 0 Å². The Morgan fingerprint density at radius 2 is 2.00 bits per heavy atom. The molecule has 0 aromatic carbocycles. The highest BCUT2D eigenvalue weighted by atomic mass is 14.8. The second-order valence-corrected chi connectivity index (χ2v) is 3.39. The summed E-state index contributed by atoms with van der Waals surface area (Å²) in [6.45, 7) is 11.9. The molecule has 0 aliphatic rings. The summed E-state index contributed by atoms with van der Waals surface area (Å²) in [6, 6.07) is 0. The van der Waals surface area contributed by atoms with Crippen molar-refractivity contribution >= 4 is 0 Å². The average molecular weight is 205 g/mol. The van der Waals surface area contributed by atoms with E-state index in [1.165, 1.54) is 11.3 Å². The van der Waals surface area contributed by atoms with Crippen molar-refractivity contribution in [2.45, 2.75) is 26.7 Å². The molecular weight excluding hydrogens is 182 g/mol. The van der Waals surface area contributed by atoms with Crippen molar-refractivity contribution in [3.8, 4) is 0 Å². The Labute approximate surface area is 94.3 Å². The number of rotatable bonds is 7. The minimum Gasteiger partial charge on any atom is -0.391 e. The van der Waals surface area contributed by atoms with Gasteiger partial charge in [-0.3, -0.25) is 0 Å². The van der Waals surface area contributed by atoms with Gasteiger partial charge in [0.2, 0.25) is 0 Å². The van der Waals surface area contributed by atoms with Gasteiger partial charge in [0, 0.05) is 18.7 Å². The van der Waals surface area contributed by atoms with Crippen LogP contribution in [0.25, 0.3) is 0 Å². The van der Waals surface area contributed by atoms with E-state index in [0.717, 1.165) is 12.8 Å². The van der Waals surface area contributed by atoms with Crippen LogP contribution in [0.15, 0.2) is 48.7 Å². The van der Waals surface area contributed by atoms with E-state index in [0.29, 0.717) is 5.92 Å². The predicted molar refractivity (Wildman–Crippen MR) is 69.7 cm³/mol. The number of nitrogens with one attached hydrogen (secondary N) is 1. The van der Waals surface area contributed by atoms with E-state index in [2.05, 4.69) is 38.4 Å². The number of hydrogen-bond acceptors (Lipinski definition) is 1. The fraction of sp³-hybridized carbons (Fsp3) is 0.429. The maximum atomic E-state index is 3.85. The molecule has 0 spiro atoms. The zero-order valence-corrected chi connectivity index (χ0v) is 10.2. The third kappa shape index (κ3) is 4.20. The van der Waals surface area contributed by atoms with Crippen molar-refractivity contribution in [1.82, 2.24) is 5.32 Å². The summed E-state index contributed by atoms with van der Waals surface area (Å²) in [4.78, 5) is 0. The summed E-state index contributed by atoms with van der Waals surface area (Å²) in [7, 11) is 1.97. The second kappa shape index (κ2) is 8.10. The van der Waals surface area contributed by atoms with Crippen LogP contribution >= 0.6 is 0 Å². The second-order valence-electron chi connectivity index (χ2n) is 3.39. The SMILES string of the molecule is C=C/C=C(\C=C)C(CC)/C(=C/CC)NC. The lowest BCUT2D eigenvalue weighted by atomic mass is 9.91. The highest BCUT2D eigenvalue weighted by molar-refractivity contribution is 5.30. The molecule has 0 fully saturated rings. The van der Waals surface area contributed by atoms with E-state index in [1.807, 2.05) is 25.3 Å². The lowest BCUT2D eigenvalue weighted by Crippen LogP contribution is -2.17. The molecule has 0 saturated carbocycles. The quantitative estimate of drug-likeness (QED) is 0.623. The summed E-state index contributed by atoms with van der Waals surface area (Å²) in [6.07, 6.45) is 10.1. The van der Waals surface area contributed by atoms with Gasteiger partial charge in [0.05, 0.1) is 0 Å². The van der Waals surface area contributed by atoms with Gasteiger partial charge in [-0.05, 0) is 18.4 Å². The molecule has 0 saturated heterocycles. The minimum atomic E-state index is 0.408. The van der Waals surface area contributed by atoms with Crippen molar-refractivity contribution in [2.75, 3.05) is 7.05 Å². The molecule has 0 aliphatic carbocycles. The third-order valence-electron chi connectivity index (χ3n) is 2.44. The Morgan fingerprint density at radius 1 is 1.33 bits per heavy atom. The van der Waals surface area contributed by atoms with E-state index in [1.54, 1.807) is 0 Å². The number of hydrogen-bond donors (Lipinski definition) is 1. The van der Waals surface area contributed by atoms with Gasteiger partial charge in [-0.15, -0.1) is 0 Å². The van der Waals surface area contributed by atoms with Crippen molar-refractivity contribution in [1.29, 1.82) is 0 Å². The van der Waals surface area contributed by atoms with Crippen LogP contribution in [0, 0.1) is 5.92 Å². The predicted octanol–water partition coefficient (Wildman–Crippen LogP) is 3.82. The van der Waals surface area contributed by atoms with Crippen molar-refractivity contribution in [2.24, 2.45) is 5.92 Å². The van der Waals surface area contributed by atoms with Crippen LogP contribution in [-0.4, -0.2) is 7.05 Å². The first-order valence-electron chi connectivity index (χ1n) is 5.57. The van der Waals surface area contributed by atoms with Gasteiger partial charge in [-0.25, -0.2) is 0 Å². The van der Waals surface area contributed by atoms with Gasteiger partial charge >= 0.3 is 0 Å². The standard InChI is InChI=1S/C14H23N/c1-6-10-12(8-3)13(9-4)14(15-5)11-7-2/h6,8,10-11,13,15H,1,3,7,9H2,2,4-5H3/b12-10+,14-11-. The van der Waals surface area contributed by atoms with Crippen molar-refractivity contribution in [3.63, 3.8) is 0 Å². The zero-order chi connectivity index (χ0) is 11.7. The molecule has 84 valence electrons. The van der Waals surface area contributed by atoms with Gasteiger partial charge in [-0.2, -0.15) is 0 Å². The largest absolute Gasteiger partial charge is 0.391 e. The van der Waals surface area contributed by atoms with Gasteiger partial charge in [-0.1, -0.05) is 51.3 Å². The molecule has 1 nitrogen and oxygen atoms in total. The van der Waals surface area contributed by atoms with E-state index in [9.17, 15) is 0 Å². The summed E-state index contributed by atoms with van der Waals surface area (Å²) < 4.78 is 0. The Kier molecular flexibility index (Phi) is 7.43. The van der Waals surface area contributed by atoms with Gasteiger partial charge in [0.15, 0.2) is 0 Å². The molecule has 0 bridgehead atoms. The first-order valence-corrected chi connectivity index (χ1v) is 5.57. The molecule has 1 atom stereocenters. The highest BCUT2D eigenvalue weighted by Gasteiger charge is 2.13. The van der Waals surface area contributed by atoms with Crippen LogP contribution in [0.3, 0.4) is 0 Å². The Bertz CT molecular complexity index is 259. The van der Waals surface area contributed by atoms with Gasteiger partial charge in [0.25, 0.3) is 0 Å². The summed E-state index contributed by atoms with van der Waals surface area (Å²) >= 11 is 0. The molecule has 1 unspecified atom stereocenters. The number of allylic oxidation sites excluding steroid dienone is 5. The molecule has 0 rings (SSSR count). The molecule has 0 heterocycles. The Morgan fingerprint density at radius 3 is 2.33 bits per heavy atom. The maximum Gasteiger partial charge on any atom is 0.0231 e. The molecule has 0 radical (unpaired) electrons. The monoisotopic (exact) mass is 205 g/mol. The van der Waals surface area contributed by atoms with Gasteiger partial charge < -0.3 is 5.32 Å². The lowest BCUT2D eigenvalue weighted by Gasteiger charge is -2.20. The maximum absolute atomic E-state index is 3.85. The highest BCUT2D eigenvalue weighted by Crippen LogP contribution is 2.23. The fourth-order valence-electron chi connectivity index (χ4n) is 1.74. The summed E-state index contributed by atoms with van der Waals surface area (Å²) in [5.74, 6) is 0.408. The topological polar surface area (TPSA) is 12.0 Å². The first-order chi connectivity index (χ1) is 7.24. The summed E-state index contributed by atoms with van der Waals surface area (Å²) in [5.41, 5.74) is 2.49. The van der Waals surface area contributed by atoms with E-state index < -0.39 is 0 Å². The molecular formula is C14H23N. The van der Waals surface area contributed by atoms with E-state index in [-0.39, 0.29) is 0 Å². The molecule has 1 N–H and O–H groups in total. The smallest absolute Gasteiger partial charge is 0.0231 e. The average Bonchev–Trinajstić information content (AvgIpc) is 2.27. The van der Waals surface area contributed by atoms with Crippen LogP contribution < -0.4 is 5.32 Å². The normalized spacial score (nSPS) is 14.6. The Balaban J connectivity index is 5.01. The molecule has 15 heavy (non-hydrogen) atoms. The molecule has 0 aromatic heterocycles.